The molecule has 0 aromatic heterocycles. The molecule has 2 aliphatic carbocycles. The number of aliphatic hydroxyl groups excluding tert-OH is 1. The van der Waals surface area contributed by atoms with Crippen LogP contribution in [0.15, 0.2) is 18.2 Å². The fourth-order valence-corrected chi connectivity index (χ4v) is 4.69. The van der Waals surface area contributed by atoms with Crippen molar-refractivity contribution in [1.82, 2.24) is 0 Å². The molecule has 0 bridgehead atoms. The number of ether oxygens (including phenoxy) is 2. The first-order valence-corrected chi connectivity index (χ1v) is 9.78. The van der Waals surface area contributed by atoms with Gasteiger partial charge in [-0.25, -0.2) is 4.79 Å². The molecule has 1 aromatic rings. The minimum absolute atomic E-state index is 0.180. The van der Waals surface area contributed by atoms with Gasteiger partial charge in [0.15, 0.2) is 6.61 Å². The van der Waals surface area contributed by atoms with Crippen molar-refractivity contribution >= 4 is 11.9 Å². The summed E-state index contributed by atoms with van der Waals surface area (Å²) in [5.74, 6) is 0.487. The summed E-state index contributed by atoms with van der Waals surface area (Å²) in [6, 6.07) is 5.80. The molecule has 1 aromatic carbocycles. The van der Waals surface area contributed by atoms with Crippen molar-refractivity contribution in [1.29, 1.82) is 0 Å². The third-order valence-electron chi connectivity index (χ3n) is 5.93. The van der Waals surface area contributed by atoms with Crippen LogP contribution in [-0.2, 0) is 27.2 Å². The fourth-order valence-electron chi connectivity index (χ4n) is 4.69. The number of fused-ring (bicyclic) bond motifs is 2. The van der Waals surface area contributed by atoms with Crippen LogP contribution in [0.4, 0.5) is 0 Å². The second kappa shape index (κ2) is 8.74. The molecule has 0 aliphatic heterocycles. The molecule has 0 heterocycles. The number of rotatable bonds is 8. The van der Waals surface area contributed by atoms with Crippen LogP contribution in [0, 0.1) is 17.8 Å². The highest BCUT2D eigenvalue weighted by molar-refractivity contribution is 5.69. The minimum Gasteiger partial charge on any atom is -0.482 e. The van der Waals surface area contributed by atoms with E-state index in [1.54, 1.807) is 6.92 Å². The maximum absolute atomic E-state index is 11.2. The first-order chi connectivity index (χ1) is 13.0. The van der Waals surface area contributed by atoms with Crippen LogP contribution >= 0.6 is 0 Å². The van der Waals surface area contributed by atoms with E-state index in [4.69, 9.17) is 14.6 Å². The van der Waals surface area contributed by atoms with Crippen LogP contribution in [0.5, 0.6) is 5.75 Å². The summed E-state index contributed by atoms with van der Waals surface area (Å²) in [5.41, 5.74) is 2.28. The number of aliphatic carboxylic acids is 1. The second-order valence-electron chi connectivity index (χ2n) is 7.59. The maximum Gasteiger partial charge on any atom is 0.341 e. The van der Waals surface area contributed by atoms with Crippen LogP contribution in [0.3, 0.4) is 0 Å². The number of carboxylic acid groups (broad SMARTS) is 1. The summed E-state index contributed by atoms with van der Waals surface area (Å²) in [7, 11) is 0. The molecule has 2 N–H and O–H groups in total. The molecule has 4 atom stereocenters. The number of esters is 1. The summed E-state index contributed by atoms with van der Waals surface area (Å²) < 4.78 is 10.6. The lowest BCUT2D eigenvalue weighted by molar-refractivity contribution is -0.143. The van der Waals surface area contributed by atoms with Crippen LogP contribution in [-0.4, -0.2) is 41.5 Å². The normalized spacial score (nSPS) is 26.1. The molecule has 2 aliphatic rings. The van der Waals surface area contributed by atoms with Gasteiger partial charge in [-0.1, -0.05) is 19.1 Å². The molecule has 6 nitrogen and oxygen atoms in total. The van der Waals surface area contributed by atoms with Gasteiger partial charge in [-0.2, -0.15) is 0 Å². The molecule has 0 spiro atoms. The Hall–Kier alpha value is -2.08. The van der Waals surface area contributed by atoms with Gasteiger partial charge in [0, 0.05) is 6.42 Å². The summed E-state index contributed by atoms with van der Waals surface area (Å²) in [6.45, 7) is 1.85. The molecule has 0 unspecified atom stereocenters. The molecular formula is C21H28O6. The van der Waals surface area contributed by atoms with Gasteiger partial charge in [0.2, 0.25) is 0 Å². The number of carboxylic acids is 1. The Morgan fingerprint density at radius 2 is 2.07 bits per heavy atom. The van der Waals surface area contributed by atoms with Crippen LogP contribution in [0.25, 0.3) is 0 Å². The number of benzene rings is 1. The predicted molar refractivity (Wildman–Crippen MR) is 98.6 cm³/mol. The van der Waals surface area contributed by atoms with Crippen LogP contribution in [0.1, 0.15) is 43.7 Å². The van der Waals surface area contributed by atoms with Crippen molar-refractivity contribution in [3.05, 3.63) is 29.3 Å². The first kappa shape index (κ1) is 19.7. The van der Waals surface area contributed by atoms with Gasteiger partial charge in [0.25, 0.3) is 0 Å². The Kier molecular flexibility index (Phi) is 6.37. The second-order valence-corrected chi connectivity index (χ2v) is 7.59. The van der Waals surface area contributed by atoms with Gasteiger partial charge in [-0.05, 0) is 67.1 Å². The highest BCUT2D eigenvalue weighted by Gasteiger charge is 2.44. The molecular weight excluding hydrogens is 348 g/mol. The number of hydrogen-bond donors (Lipinski definition) is 2. The van der Waals surface area contributed by atoms with Crippen LogP contribution in [0.2, 0.25) is 0 Å². The Labute approximate surface area is 159 Å². The third kappa shape index (κ3) is 4.61. The number of carbonyl (C=O) groups excluding carboxylic acids is 1. The molecule has 0 saturated heterocycles. The van der Waals surface area contributed by atoms with Gasteiger partial charge >= 0.3 is 11.9 Å². The number of carbonyl (C=O) groups is 2. The van der Waals surface area contributed by atoms with E-state index >= 15 is 0 Å². The van der Waals surface area contributed by atoms with Crippen molar-refractivity contribution < 1.29 is 29.3 Å². The van der Waals surface area contributed by atoms with E-state index < -0.39 is 5.97 Å². The third-order valence-corrected chi connectivity index (χ3v) is 5.93. The summed E-state index contributed by atoms with van der Waals surface area (Å²) in [4.78, 5) is 22.1. The van der Waals surface area contributed by atoms with Crippen molar-refractivity contribution in [3.63, 3.8) is 0 Å². The van der Waals surface area contributed by atoms with Gasteiger partial charge in [-0.3, -0.25) is 4.79 Å². The van der Waals surface area contributed by atoms with E-state index in [0.29, 0.717) is 30.6 Å². The first-order valence-electron chi connectivity index (χ1n) is 9.78. The average Bonchev–Trinajstić information content (AvgIpc) is 2.95. The SMILES string of the molecule is CCC(=O)OCCC[C@@H]1[C@H]2Cc3cccc(OCC(=O)O)c3C[C@H]2C[C@H]1O. The standard InChI is InChI=1S/C21H28O6/c1-2-21(25)26-8-4-6-15-16-9-13-5-3-7-19(27-12-20(23)24)17(13)10-14(16)11-18(15)22/h3,5,7,14-16,18,22H,2,4,6,8-12H2,1H3,(H,23,24)/t14-,15+,16-,18+/m0/s1. The summed E-state index contributed by atoms with van der Waals surface area (Å²) >= 11 is 0. The summed E-state index contributed by atoms with van der Waals surface area (Å²) in [5, 5.41) is 19.4. The highest BCUT2D eigenvalue weighted by atomic mass is 16.5. The van der Waals surface area contributed by atoms with E-state index in [9.17, 15) is 14.7 Å². The minimum atomic E-state index is -0.985. The Bertz CT molecular complexity index is 685. The highest BCUT2D eigenvalue weighted by Crippen LogP contribution is 2.48. The quantitative estimate of drug-likeness (QED) is 0.535. The van der Waals surface area contributed by atoms with Gasteiger partial charge in [-0.15, -0.1) is 0 Å². The largest absolute Gasteiger partial charge is 0.482 e. The van der Waals surface area contributed by atoms with Crippen molar-refractivity contribution in [2.45, 2.75) is 51.6 Å². The molecule has 0 radical (unpaired) electrons. The van der Waals surface area contributed by atoms with Crippen molar-refractivity contribution in [3.8, 4) is 5.75 Å². The van der Waals surface area contributed by atoms with Gasteiger partial charge < -0.3 is 19.7 Å². The average molecular weight is 376 g/mol. The molecule has 0 amide bonds. The van der Waals surface area contributed by atoms with Gasteiger partial charge in [0.05, 0.1) is 12.7 Å². The summed E-state index contributed by atoms with van der Waals surface area (Å²) in [6.07, 6.45) is 4.13. The molecule has 6 heteroatoms. The zero-order valence-corrected chi connectivity index (χ0v) is 15.7. The zero-order valence-electron chi connectivity index (χ0n) is 15.7. The molecule has 1 fully saturated rings. The maximum atomic E-state index is 11.2. The van der Waals surface area contributed by atoms with E-state index in [-0.39, 0.29) is 24.6 Å². The lowest BCUT2D eigenvalue weighted by atomic mass is 9.73. The van der Waals surface area contributed by atoms with Gasteiger partial charge in [0.1, 0.15) is 5.75 Å². The van der Waals surface area contributed by atoms with E-state index in [0.717, 1.165) is 37.7 Å². The Balaban J connectivity index is 1.64. The van der Waals surface area contributed by atoms with E-state index in [2.05, 4.69) is 6.07 Å². The molecule has 148 valence electrons. The zero-order chi connectivity index (χ0) is 19.4. The lowest BCUT2D eigenvalue weighted by Gasteiger charge is -2.32. The fraction of sp³-hybridized carbons (Fsp3) is 0.619. The lowest BCUT2D eigenvalue weighted by Crippen LogP contribution is -2.27. The van der Waals surface area contributed by atoms with Crippen molar-refractivity contribution in [2.24, 2.45) is 17.8 Å². The Morgan fingerprint density at radius 1 is 1.26 bits per heavy atom. The predicted octanol–water partition coefficient (Wildman–Crippen LogP) is 2.60. The molecule has 27 heavy (non-hydrogen) atoms. The Morgan fingerprint density at radius 3 is 2.81 bits per heavy atom. The molecule has 1 saturated carbocycles. The smallest absolute Gasteiger partial charge is 0.341 e. The number of hydrogen-bond acceptors (Lipinski definition) is 5. The number of aliphatic hydroxyl groups is 1. The van der Waals surface area contributed by atoms with E-state index in [1.165, 1.54) is 5.56 Å². The van der Waals surface area contributed by atoms with Crippen LogP contribution < -0.4 is 4.74 Å². The van der Waals surface area contributed by atoms with Crippen molar-refractivity contribution in [2.75, 3.05) is 13.2 Å². The molecule has 3 rings (SSSR count). The topological polar surface area (TPSA) is 93.1 Å². The van der Waals surface area contributed by atoms with E-state index in [1.807, 2.05) is 12.1 Å². The monoisotopic (exact) mass is 376 g/mol.